The number of nitrogens with zero attached hydrogens (tertiary/aromatic N) is 3. The zero-order valence-corrected chi connectivity index (χ0v) is 20.1. The van der Waals surface area contributed by atoms with E-state index in [4.69, 9.17) is 9.47 Å². The summed E-state index contributed by atoms with van der Waals surface area (Å²) < 4.78 is 11.0. The number of aromatic nitrogens is 1. The van der Waals surface area contributed by atoms with Crippen LogP contribution in [-0.2, 0) is 9.47 Å². The van der Waals surface area contributed by atoms with Crippen molar-refractivity contribution in [1.82, 2.24) is 15.2 Å². The average Bonchev–Trinajstić information content (AvgIpc) is 2.70. The number of pyridine rings is 1. The second-order valence-corrected chi connectivity index (χ2v) is 7.47. The van der Waals surface area contributed by atoms with Crippen LogP contribution in [0.3, 0.4) is 0 Å². The maximum atomic E-state index is 5.96. The number of likely N-dealkylation sites (tertiary alicyclic amines) is 1. The van der Waals surface area contributed by atoms with E-state index in [1.54, 1.807) is 7.11 Å². The molecule has 1 aliphatic heterocycles. The van der Waals surface area contributed by atoms with Crippen LogP contribution in [0.2, 0.25) is 0 Å². The Kier molecular flexibility index (Phi) is 12.7. The molecule has 1 aliphatic rings. The Morgan fingerprint density at radius 3 is 2.64 bits per heavy atom. The molecule has 2 heterocycles. The fourth-order valence-corrected chi connectivity index (χ4v) is 3.55. The molecule has 0 amide bonds. The Hall–Kier alpha value is -0.930. The molecule has 0 aromatic carbocycles. The molecule has 160 valence electrons. The molecule has 0 saturated carbocycles. The van der Waals surface area contributed by atoms with Crippen LogP contribution in [0.4, 0.5) is 0 Å². The second kappa shape index (κ2) is 14.1. The summed E-state index contributed by atoms with van der Waals surface area (Å²) in [4.78, 5) is 11.1. The zero-order valence-electron chi connectivity index (χ0n) is 17.8. The van der Waals surface area contributed by atoms with Crippen LogP contribution in [0.1, 0.15) is 44.6 Å². The summed E-state index contributed by atoms with van der Waals surface area (Å²) in [6, 6.07) is 4.17. The molecule has 1 aromatic rings. The van der Waals surface area contributed by atoms with Crippen molar-refractivity contribution in [2.45, 2.75) is 45.1 Å². The van der Waals surface area contributed by atoms with Crippen LogP contribution in [0.25, 0.3) is 0 Å². The van der Waals surface area contributed by atoms with E-state index in [-0.39, 0.29) is 24.0 Å². The van der Waals surface area contributed by atoms with Crippen LogP contribution in [0, 0.1) is 5.92 Å². The fraction of sp³-hybridized carbons (Fsp3) is 0.714. The van der Waals surface area contributed by atoms with Crippen LogP contribution in [-0.4, -0.2) is 69.0 Å². The molecule has 0 radical (unpaired) electrons. The Labute approximate surface area is 187 Å². The Morgan fingerprint density at radius 1 is 1.32 bits per heavy atom. The number of halogens is 1. The third kappa shape index (κ3) is 8.21. The van der Waals surface area contributed by atoms with Gasteiger partial charge >= 0.3 is 0 Å². The van der Waals surface area contributed by atoms with Gasteiger partial charge in [-0.05, 0) is 36.8 Å². The lowest BCUT2D eigenvalue weighted by Crippen LogP contribution is -2.48. The molecule has 6 nitrogen and oxygen atoms in total. The quantitative estimate of drug-likeness (QED) is 0.241. The van der Waals surface area contributed by atoms with Crippen molar-refractivity contribution in [2.75, 3.05) is 47.0 Å². The van der Waals surface area contributed by atoms with Gasteiger partial charge in [0.15, 0.2) is 5.96 Å². The summed E-state index contributed by atoms with van der Waals surface area (Å²) in [5, 5.41) is 3.58. The molecular weight excluding hydrogens is 467 g/mol. The first-order valence-electron chi connectivity index (χ1n) is 10.1. The predicted octanol–water partition coefficient (Wildman–Crippen LogP) is 3.53. The Bertz CT molecular complexity index is 549. The van der Waals surface area contributed by atoms with E-state index in [1.807, 2.05) is 25.5 Å². The molecule has 1 N–H and O–H groups in total. The van der Waals surface area contributed by atoms with Gasteiger partial charge in [-0.25, -0.2) is 0 Å². The highest BCUT2D eigenvalue weighted by atomic mass is 127. The molecule has 0 aliphatic carbocycles. The zero-order chi connectivity index (χ0) is 19.5. The summed E-state index contributed by atoms with van der Waals surface area (Å²) in [7, 11) is 3.60. The summed E-state index contributed by atoms with van der Waals surface area (Å²) in [5.41, 5.74) is 1.28. The van der Waals surface area contributed by atoms with Crippen molar-refractivity contribution in [1.29, 1.82) is 0 Å². The lowest BCUT2D eigenvalue weighted by Gasteiger charge is -2.35. The molecule has 1 fully saturated rings. The van der Waals surface area contributed by atoms with Gasteiger partial charge in [0.1, 0.15) is 0 Å². The number of hydrogen-bond acceptors (Lipinski definition) is 4. The van der Waals surface area contributed by atoms with Gasteiger partial charge in [0.05, 0.1) is 6.10 Å². The number of ether oxygens (including phenoxy) is 2. The van der Waals surface area contributed by atoms with Gasteiger partial charge in [-0.15, -0.1) is 24.0 Å². The van der Waals surface area contributed by atoms with Crippen LogP contribution in [0.15, 0.2) is 29.5 Å². The third-order valence-electron chi connectivity index (χ3n) is 5.20. The standard InChI is InChI=1S/C21H36N4O2.HI/c1-17(2)20(18-7-5-10-23-15-18)16-24-21(22-3)25-11-8-19(9-12-25)27-14-6-13-26-4;/h5,7,10,15,17,19-20H,6,8-9,11-14,16H2,1-4H3,(H,22,24);1H. The monoisotopic (exact) mass is 504 g/mol. The minimum absolute atomic E-state index is 0. The number of nitrogens with one attached hydrogen (secondary N) is 1. The molecule has 1 unspecified atom stereocenters. The number of methoxy groups -OCH3 is 1. The SMILES string of the molecule is CN=C(NCC(c1cccnc1)C(C)C)N1CCC(OCCCOC)CC1.I. The largest absolute Gasteiger partial charge is 0.385 e. The normalized spacial score (nSPS) is 16.8. The third-order valence-corrected chi connectivity index (χ3v) is 5.20. The summed E-state index contributed by atoms with van der Waals surface area (Å²) in [6.45, 7) is 8.89. The second-order valence-electron chi connectivity index (χ2n) is 7.47. The first-order chi connectivity index (χ1) is 13.2. The number of piperidine rings is 1. The average molecular weight is 504 g/mol. The molecule has 0 spiro atoms. The first-order valence-corrected chi connectivity index (χ1v) is 10.1. The van der Waals surface area contributed by atoms with Gasteiger partial charge in [0, 0.05) is 65.3 Å². The molecule has 2 rings (SSSR count). The van der Waals surface area contributed by atoms with Gasteiger partial charge < -0.3 is 19.7 Å². The van der Waals surface area contributed by atoms with Gasteiger partial charge in [-0.3, -0.25) is 9.98 Å². The number of rotatable bonds is 9. The molecular formula is C21H37IN4O2. The van der Waals surface area contributed by atoms with Crippen molar-refractivity contribution in [3.63, 3.8) is 0 Å². The van der Waals surface area contributed by atoms with E-state index in [0.717, 1.165) is 58.1 Å². The fourth-order valence-electron chi connectivity index (χ4n) is 3.55. The van der Waals surface area contributed by atoms with Gasteiger partial charge in [0.25, 0.3) is 0 Å². The van der Waals surface area contributed by atoms with Crippen LogP contribution >= 0.6 is 24.0 Å². The summed E-state index contributed by atoms with van der Waals surface area (Å²) in [5.74, 6) is 1.94. The lowest BCUT2D eigenvalue weighted by molar-refractivity contribution is 0.00989. The molecule has 1 atom stereocenters. The maximum Gasteiger partial charge on any atom is 0.193 e. The first kappa shape index (κ1) is 25.1. The topological polar surface area (TPSA) is 59.0 Å². The van der Waals surface area contributed by atoms with Gasteiger partial charge in [0.2, 0.25) is 0 Å². The van der Waals surface area contributed by atoms with Crippen molar-refractivity contribution in [3.8, 4) is 0 Å². The summed E-state index contributed by atoms with van der Waals surface area (Å²) in [6.07, 6.45) is 7.21. The maximum absolute atomic E-state index is 5.96. The van der Waals surface area contributed by atoms with Crippen molar-refractivity contribution in [2.24, 2.45) is 10.9 Å². The minimum Gasteiger partial charge on any atom is -0.385 e. The smallest absolute Gasteiger partial charge is 0.193 e. The highest BCUT2D eigenvalue weighted by Crippen LogP contribution is 2.23. The van der Waals surface area contributed by atoms with E-state index in [1.165, 1.54) is 5.56 Å². The summed E-state index contributed by atoms with van der Waals surface area (Å²) >= 11 is 0. The van der Waals surface area contributed by atoms with Gasteiger partial charge in [-0.2, -0.15) is 0 Å². The van der Waals surface area contributed by atoms with Gasteiger partial charge in [-0.1, -0.05) is 19.9 Å². The number of aliphatic imine (C=N–C) groups is 1. The molecule has 28 heavy (non-hydrogen) atoms. The predicted molar refractivity (Wildman–Crippen MR) is 126 cm³/mol. The van der Waals surface area contributed by atoms with E-state index in [9.17, 15) is 0 Å². The highest BCUT2D eigenvalue weighted by molar-refractivity contribution is 14.0. The van der Waals surface area contributed by atoms with Crippen LogP contribution < -0.4 is 5.32 Å². The minimum atomic E-state index is 0. The number of hydrogen-bond donors (Lipinski definition) is 1. The molecule has 0 bridgehead atoms. The Morgan fingerprint density at radius 2 is 2.07 bits per heavy atom. The van der Waals surface area contributed by atoms with E-state index in [0.29, 0.717) is 17.9 Å². The lowest BCUT2D eigenvalue weighted by atomic mass is 9.89. The van der Waals surface area contributed by atoms with Crippen LogP contribution in [0.5, 0.6) is 0 Å². The van der Waals surface area contributed by atoms with E-state index < -0.39 is 0 Å². The van der Waals surface area contributed by atoms with Crippen molar-refractivity contribution < 1.29 is 9.47 Å². The van der Waals surface area contributed by atoms with Crippen molar-refractivity contribution >= 4 is 29.9 Å². The molecule has 1 saturated heterocycles. The number of guanidine groups is 1. The molecule has 7 heteroatoms. The van der Waals surface area contributed by atoms with E-state index in [2.05, 4.69) is 40.1 Å². The Balaban J connectivity index is 0.00000392. The molecule has 1 aromatic heterocycles. The van der Waals surface area contributed by atoms with Crippen molar-refractivity contribution in [3.05, 3.63) is 30.1 Å². The highest BCUT2D eigenvalue weighted by Gasteiger charge is 2.23. The van der Waals surface area contributed by atoms with E-state index >= 15 is 0 Å².